The molecule has 2 unspecified atom stereocenters. The van der Waals surface area contributed by atoms with Crippen LogP contribution in [0.3, 0.4) is 0 Å². The van der Waals surface area contributed by atoms with E-state index < -0.39 is 11.8 Å². The van der Waals surface area contributed by atoms with Crippen LogP contribution >= 0.6 is 0 Å². The third-order valence-corrected chi connectivity index (χ3v) is 4.08. The summed E-state index contributed by atoms with van der Waals surface area (Å²) in [7, 11) is 0. The molecule has 2 aliphatic carbocycles. The Kier molecular flexibility index (Phi) is 2.77. The van der Waals surface area contributed by atoms with Crippen LogP contribution in [0.25, 0.3) is 0 Å². The summed E-state index contributed by atoms with van der Waals surface area (Å²) in [5.41, 5.74) is -0.0758. The number of carboxylic acids is 1. The molecule has 2 fully saturated rings. The molecule has 0 saturated heterocycles. The van der Waals surface area contributed by atoms with Crippen LogP contribution in [0.5, 0.6) is 0 Å². The number of carbonyl (C=O) groups is 2. The van der Waals surface area contributed by atoms with Crippen LogP contribution in [0.2, 0.25) is 0 Å². The normalized spacial score (nSPS) is 27.7. The maximum atomic E-state index is 13.5. The Balaban J connectivity index is 1.67. The fraction of sp³-hybridized carbons (Fsp3) is 0.429. The number of aromatic carboxylic acids is 1. The van der Waals surface area contributed by atoms with E-state index >= 15 is 0 Å². The lowest BCUT2D eigenvalue weighted by atomic mass is 10.0. The zero-order valence-electron chi connectivity index (χ0n) is 10.2. The number of hydrogen-bond acceptors (Lipinski definition) is 2. The van der Waals surface area contributed by atoms with Gasteiger partial charge in [0.2, 0.25) is 5.91 Å². The van der Waals surface area contributed by atoms with Crippen molar-refractivity contribution in [2.24, 2.45) is 17.8 Å². The second kappa shape index (κ2) is 4.33. The SMILES string of the molecule is O=C(O)c1ccc(NC(=O)C2CC3CC3C2)cc1F. The van der Waals surface area contributed by atoms with Gasteiger partial charge < -0.3 is 10.4 Å². The van der Waals surface area contributed by atoms with Crippen molar-refractivity contribution >= 4 is 17.6 Å². The predicted molar refractivity (Wildman–Crippen MR) is 66.3 cm³/mol. The van der Waals surface area contributed by atoms with Gasteiger partial charge in [-0.25, -0.2) is 9.18 Å². The number of amides is 1. The third-order valence-electron chi connectivity index (χ3n) is 4.08. The molecule has 0 spiro atoms. The molecule has 0 aliphatic heterocycles. The number of carboxylic acid groups (broad SMARTS) is 1. The molecule has 1 aromatic rings. The van der Waals surface area contributed by atoms with E-state index in [1.165, 1.54) is 18.6 Å². The largest absolute Gasteiger partial charge is 0.478 e. The minimum atomic E-state index is -1.31. The number of fused-ring (bicyclic) bond motifs is 1. The third kappa shape index (κ3) is 2.32. The number of carbonyl (C=O) groups excluding carboxylic acids is 1. The first-order valence-electron chi connectivity index (χ1n) is 6.38. The van der Waals surface area contributed by atoms with Crippen LogP contribution < -0.4 is 5.32 Å². The first kappa shape index (κ1) is 12.1. The molecule has 0 radical (unpaired) electrons. The number of rotatable bonds is 3. The molecule has 2 saturated carbocycles. The Bertz CT molecular complexity index is 548. The molecule has 0 aromatic heterocycles. The van der Waals surface area contributed by atoms with Gasteiger partial charge in [0.25, 0.3) is 0 Å². The van der Waals surface area contributed by atoms with E-state index in [2.05, 4.69) is 5.32 Å². The number of anilines is 1. The molecule has 4 nitrogen and oxygen atoms in total. The first-order valence-corrected chi connectivity index (χ1v) is 6.38. The van der Waals surface area contributed by atoms with E-state index in [1.54, 1.807) is 0 Å². The van der Waals surface area contributed by atoms with E-state index in [0.717, 1.165) is 18.9 Å². The Morgan fingerprint density at radius 2 is 1.89 bits per heavy atom. The Labute approximate surface area is 109 Å². The van der Waals surface area contributed by atoms with E-state index in [4.69, 9.17) is 5.11 Å². The zero-order chi connectivity index (χ0) is 13.6. The van der Waals surface area contributed by atoms with Crippen molar-refractivity contribution in [1.29, 1.82) is 0 Å². The summed E-state index contributed by atoms with van der Waals surface area (Å²) < 4.78 is 13.5. The van der Waals surface area contributed by atoms with Gasteiger partial charge in [0.05, 0.1) is 5.56 Å². The van der Waals surface area contributed by atoms with Crippen LogP contribution in [0.1, 0.15) is 29.6 Å². The van der Waals surface area contributed by atoms with Crippen LogP contribution in [0.15, 0.2) is 18.2 Å². The van der Waals surface area contributed by atoms with Crippen molar-refractivity contribution in [2.75, 3.05) is 5.32 Å². The van der Waals surface area contributed by atoms with Gasteiger partial charge in [-0.1, -0.05) is 0 Å². The zero-order valence-corrected chi connectivity index (χ0v) is 10.2. The second-order valence-electron chi connectivity index (χ2n) is 5.41. The summed E-state index contributed by atoms with van der Waals surface area (Å²) >= 11 is 0. The van der Waals surface area contributed by atoms with E-state index in [-0.39, 0.29) is 17.4 Å². The van der Waals surface area contributed by atoms with Crippen molar-refractivity contribution < 1.29 is 19.1 Å². The molecule has 2 N–H and O–H groups in total. The summed E-state index contributed by atoms with van der Waals surface area (Å²) in [6.07, 6.45) is 3.09. The summed E-state index contributed by atoms with van der Waals surface area (Å²) in [6.45, 7) is 0. The van der Waals surface area contributed by atoms with Crippen molar-refractivity contribution in [3.63, 3.8) is 0 Å². The van der Waals surface area contributed by atoms with Crippen LogP contribution in [0, 0.1) is 23.6 Å². The molecule has 19 heavy (non-hydrogen) atoms. The van der Waals surface area contributed by atoms with E-state index in [0.29, 0.717) is 17.5 Å². The van der Waals surface area contributed by atoms with Gasteiger partial charge in [-0.05, 0) is 49.3 Å². The second-order valence-corrected chi connectivity index (χ2v) is 5.41. The standard InChI is InChI=1S/C14H14FNO3/c15-12-6-10(1-2-11(12)14(18)19)16-13(17)9-4-7-3-8(7)5-9/h1-2,6-9H,3-5H2,(H,16,17)(H,18,19). The number of hydrogen-bond donors (Lipinski definition) is 2. The smallest absolute Gasteiger partial charge is 0.338 e. The maximum absolute atomic E-state index is 13.5. The predicted octanol–water partition coefficient (Wildman–Crippen LogP) is 2.51. The van der Waals surface area contributed by atoms with Crippen molar-refractivity contribution in [3.8, 4) is 0 Å². The fourth-order valence-electron chi connectivity index (χ4n) is 2.94. The van der Waals surface area contributed by atoms with Gasteiger partial charge in [0.15, 0.2) is 0 Å². The number of nitrogens with one attached hydrogen (secondary N) is 1. The molecule has 1 aromatic carbocycles. The summed E-state index contributed by atoms with van der Waals surface area (Å²) in [6, 6.07) is 3.64. The van der Waals surface area contributed by atoms with Gasteiger partial charge in [-0.3, -0.25) is 4.79 Å². The number of halogens is 1. The first-order chi connectivity index (χ1) is 9.04. The molecule has 0 heterocycles. The molecule has 100 valence electrons. The highest BCUT2D eigenvalue weighted by atomic mass is 19.1. The lowest BCUT2D eigenvalue weighted by Gasteiger charge is -2.12. The lowest BCUT2D eigenvalue weighted by molar-refractivity contribution is -0.120. The molecular weight excluding hydrogens is 249 g/mol. The van der Waals surface area contributed by atoms with E-state index in [9.17, 15) is 14.0 Å². The average Bonchev–Trinajstić information content (AvgIpc) is 2.95. The highest BCUT2D eigenvalue weighted by molar-refractivity contribution is 5.94. The quantitative estimate of drug-likeness (QED) is 0.880. The topological polar surface area (TPSA) is 66.4 Å². The monoisotopic (exact) mass is 263 g/mol. The summed E-state index contributed by atoms with van der Waals surface area (Å²) in [4.78, 5) is 22.6. The Hall–Kier alpha value is -1.91. The average molecular weight is 263 g/mol. The highest BCUT2D eigenvalue weighted by Gasteiger charge is 2.47. The molecule has 2 aliphatic rings. The van der Waals surface area contributed by atoms with Gasteiger partial charge in [0, 0.05) is 11.6 Å². The van der Waals surface area contributed by atoms with Gasteiger partial charge >= 0.3 is 5.97 Å². The molecule has 5 heteroatoms. The van der Waals surface area contributed by atoms with Gasteiger partial charge in [0.1, 0.15) is 5.82 Å². The minimum Gasteiger partial charge on any atom is -0.478 e. The molecule has 0 bridgehead atoms. The van der Waals surface area contributed by atoms with Crippen molar-refractivity contribution in [1.82, 2.24) is 0 Å². The minimum absolute atomic E-state index is 0.0194. The highest BCUT2D eigenvalue weighted by Crippen LogP contribution is 2.54. The summed E-state index contributed by atoms with van der Waals surface area (Å²) in [5, 5.41) is 11.4. The summed E-state index contributed by atoms with van der Waals surface area (Å²) in [5.74, 6) is -0.796. The molecule has 2 atom stereocenters. The molecule has 3 rings (SSSR count). The van der Waals surface area contributed by atoms with Gasteiger partial charge in [-0.15, -0.1) is 0 Å². The molecular formula is C14H14FNO3. The van der Waals surface area contributed by atoms with E-state index in [1.807, 2.05) is 0 Å². The Morgan fingerprint density at radius 1 is 1.21 bits per heavy atom. The van der Waals surface area contributed by atoms with Crippen LogP contribution in [-0.2, 0) is 4.79 Å². The lowest BCUT2D eigenvalue weighted by Crippen LogP contribution is -2.21. The maximum Gasteiger partial charge on any atom is 0.338 e. The number of benzene rings is 1. The van der Waals surface area contributed by atoms with Crippen LogP contribution in [0.4, 0.5) is 10.1 Å². The van der Waals surface area contributed by atoms with Crippen LogP contribution in [-0.4, -0.2) is 17.0 Å². The van der Waals surface area contributed by atoms with Crippen molar-refractivity contribution in [2.45, 2.75) is 19.3 Å². The fourth-order valence-corrected chi connectivity index (χ4v) is 2.94. The van der Waals surface area contributed by atoms with Crippen molar-refractivity contribution in [3.05, 3.63) is 29.6 Å². The van der Waals surface area contributed by atoms with Gasteiger partial charge in [-0.2, -0.15) is 0 Å². The molecule has 1 amide bonds. The Morgan fingerprint density at radius 3 is 2.47 bits per heavy atom.